The van der Waals surface area contributed by atoms with Gasteiger partial charge in [-0.3, -0.25) is 4.79 Å². The first-order valence-corrected chi connectivity index (χ1v) is 7.82. The summed E-state index contributed by atoms with van der Waals surface area (Å²) in [6.07, 6.45) is 1.47. The minimum atomic E-state index is 0.211. The van der Waals surface area contributed by atoms with Gasteiger partial charge in [-0.1, -0.05) is 30.3 Å². The third-order valence-corrected chi connectivity index (χ3v) is 4.40. The molecule has 1 heterocycles. The van der Waals surface area contributed by atoms with E-state index in [1.807, 2.05) is 42.5 Å². The fourth-order valence-corrected chi connectivity index (χ4v) is 2.96. The van der Waals surface area contributed by atoms with Crippen molar-refractivity contribution in [1.82, 2.24) is 0 Å². The number of rotatable bonds is 3. The second kappa shape index (κ2) is 5.95. The van der Waals surface area contributed by atoms with Gasteiger partial charge in [0.25, 0.3) is 0 Å². The van der Waals surface area contributed by atoms with Gasteiger partial charge in [0, 0.05) is 15.6 Å². The van der Waals surface area contributed by atoms with Gasteiger partial charge in [0.05, 0.1) is 6.61 Å². The van der Waals surface area contributed by atoms with Crippen molar-refractivity contribution in [1.29, 1.82) is 0 Å². The lowest BCUT2D eigenvalue weighted by Crippen LogP contribution is -2.17. The average molecular weight is 378 g/mol. The van der Waals surface area contributed by atoms with Crippen molar-refractivity contribution < 1.29 is 9.53 Å². The molecule has 0 fully saturated rings. The van der Waals surface area contributed by atoms with E-state index in [2.05, 4.69) is 28.7 Å². The molecule has 2 nitrogen and oxygen atoms in total. The van der Waals surface area contributed by atoms with Crippen LogP contribution < -0.4 is 4.74 Å². The Bertz CT molecular complexity index is 619. The smallest absolute Gasteiger partial charge is 0.163 e. The van der Waals surface area contributed by atoms with Crippen LogP contribution in [0.4, 0.5) is 0 Å². The van der Waals surface area contributed by atoms with Crippen LogP contribution in [0.3, 0.4) is 0 Å². The number of hydrogen-bond donors (Lipinski definition) is 0. The predicted octanol–water partition coefficient (Wildman–Crippen LogP) is 4.43. The molecule has 3 heteroatoms. The SMILES string of the molecule is O=C(CC1CCOc2ccccc21)c1ccc(I)cc1. The third-order valence-electron chi connectivity index (χ3n) is 3.68. The maximum atomic E-state index is 12.4. The van der Waals surface area contributed by atoms with Crippen LogP contribution in [-0.2, 0) is 0 Å². The summed E-state index contributed by atoms with van der Waals surface area (Å²) in [5.74, 6) is 1.41. The largest absolute Gasteiger partial charge is 0.493 e. The minimum Gasteiger partial charge on any atom is -0.493 e. The number of ketones is 1. The summed E-state index contributed by atoms with van der Waals surface area (Å²) in [5, 5.41) is 0. The molecule has 0 saturated heterocycles. The normalized spacial score (nSPS) is 17.1. The summed E-state index contributed by atoms with van der Waals surface area (Å²) in [5.41, 5.74) is 1.96. The molecule has 1 atom stereocenters. The molecule has 3 rings (SSSR count). The van der Waals surface area contributed by atoms with Gasteiger partial charge in [0.1, 0.15) is 5.75 Å². The quantitative estimate of drug-likeness (QED) is 0.584. The Morgan fingerprint density at radius 3 is 2.70 bits per heavy atom. The van der Waals surface area contributed by atoms with Crippen LogP contribution in [0.2, 0.25) is 0 Å². The summed E-state index contributed by atoms with van der Waals surface area (Å²) in [6.45, 7) is 0.696. The van der Waals surface area contributed by atoms with Crippen molar-refractivity contribution in [3.63, 3.8) is 0 Å². The van der Waals surface area contributed by atoms with E-state index < -0.39 is 0 Å². The Labute approximate surface area is 132 Å². The van der Waals surface area contributed by atoms with Crippen LogP contribution in [-0.4, -0.2) is 12.4 Å². The molecule has 0 N–H and O–H groups in total. The molecule has 0 amide bonds. The number of para-hydroxylation sites is 1. The molecular formula is C17H15IO2. The molecule has 0 aromatic heterocycles. The molecule has 0 spiro atoms. The fraction of sp³-hybridized carbons (Fsp3) is 0.235. The summed E-state index contributed by atoms with van der Waals surface area (Å²) in [4.78, 5) is 12.4. The number of hydrogen-bond acceptors (Lipinski definition) is 2. The number of carbonyl (C=O) groups excluding carboxylic acids is 1. The standard InChI is InChI=1S/C17H15IO2/c18-14-7-5-12(6-8-14)16(19)11-13-9-10-20-17-4-2-1-3-15(13)17/h1-8,13H,9-11H2. The lowest BCUT2D eigenvalue weighted by atomic mass is 9.87. The van der Waals surface area contributed by atoms with Gasteiger partial charge in [-0.05, 0) is 58.7 Å². The van der Waals surface area contributed by atoms with E-state index in [0.29, 0.717) is 13.0 Å². The summed E-state index contributed by atoms with van der Waals surface area (Å²) >= 11 is 2.25. The van der Waals surface area contributed by atoms with E-state index in [4.69, 9.17) is 4.74 Å². The molecule has 2 aromatic carbocycles. The van der Waals surface area contributed by atoms with Crippen molar-refractivity contribution in [2.24, 2.45) is 0 Å². The van der Waals surface area contributed by atoms with Crippen molar-refractivity contribution >= 4 is 28.4 Å². The highest BCUT2D eigenvalue weighted by atomic mass is 127. The maximum absolute atomic E-state index is 12.4. The number of benzene rings is 2. The van der Waals surface area contributed by atoms with Crippen molar-refractivity contribution in [2.75, 3.05) is 6.61 Å². The monoisotopic (exact) mass is 378 g/mol. The first-order valence-electron chi connectivity index (χ1n) is 6.74. The number of halogens is 1. The zero-order valence-electron chi connectivity index (χ0n) is 11.0. The average Bonchev–Trinajstić information content (AvgIpc) is 2.48. The van der Waals surface area contributed by atoms with Crippen LogP contribution >= 0.6 is 22.6 Å². The molecule has 2 aromatic rings. The van der Waals surface area contributed by atoms with E-state index in [9.17, 15) is 4.79 Å². The fourth-order valence-electron chi connectivity index (χ4n) is 2.61. The molecule has 0 bridgehead atoms. The van der Waals surface area contributed by atoms with Crippen molar-refractivity contribution in [3.05, 3.63) is 63.2 Å². The van der Waals surface area contributed by atoms with Gasteiger partial charge in [-0.15, -0.1) is 0 Å². The van der Waals surface area contributed by atoms with Crippen molar-refractivity contribution in [2.45, 2.75) is 18.8 Å². The molecule has 20 heavy (non-hydrogen) atoms. The number of ether oxygens (including phenoxy) is 1. The summed E-state index contributed by atoms with van der Waals surface area (Å²) in [6, 6.07) is 15.8. The Balaban J connectivity index is 1.79. The van der Waals surface area contributed by atoms with Crippen LogP contribution in [0, 0.1) is 3.57 Å². The topological polar surface area (TPSA) is 26.3 Å². The highest BCUT2D eigenvalue weighted by Crippen LogP contribution is 2.36. The van der Waals surface area contributed by atoms with Gasteiger partial charge in [0.2, 0.25) is 0 Å². The predicted molar refractivity (Wildman–Crippen MR) is 87.4 cm³/mol. The molecule has 1 aliphatic rings. The Morgan fingerprint density at radius 2 is 1.90 bits per heavy atom. The van der Waals surface area contributed by atoms with E-state index in [0.717, 1.165) is 26.9 Å². The lowest BCUT2D eigenvalue weighted by Gasteiger charge is -2.25. The second-order valence-corrected chi connectivity index (χ2v) is 6.25. The Hall–Kier alpha value is -1.36. The van der Waals surface area contributed by atoms with E-state index in [-0.39, 0.29) is 11.7 Å². The van der Waals surface area contributed by atoms with Gasteiger partial charge < -0.3 is 4.74 Å². The second-order valence-electron chi connectivity index (χ2n) is 5.01. The zero-order valence-corrected chi connectivity index (χ0v) is 13.2. The lowest BCUT2D eigenvalue weighted by molar-refractivity contribution is 0.0966. The maximum Gasteiger partial charge on any atom is 0.163 e. The van der Waals surface area contributed by atoms with Gasteiger partial charge in [0.15, 0.2) is 5.78 Å². The molecule has 0 radical (unpaired) electrons. The van der Waals surface area contributed by atoms with Crippen LogP contribution in [0.5, 0.6) is 5.75 Å². The van der Waals surface area contributed by atoms with Gasteiger partial charge in [-0.2, -0.15) is 0 Å². The van der Waals surface area contributed by atoms with Gasteiger partial charge in [-0.25, -0.2) is 0 Å². The van der Waals surface area contributed by atoms with Crippen LogP contribution in [0.15, 0.2) is 48.5 Å². The molecule has 0 saturated carbocycles. The van der Waals surface area contributed by atoms with E-state index in [1.54, 1.807) is 0 Å². The summed E-state index contributed by atoms with van der Waals surface area (Å²) in [7, 11) is 0. The van der Waals surface area contributed by atoms with E-state index in [1.165, 1.54) is 0 Å². The third kappa shape index (κ3) is 2.87. The highest BCUT2D eigenvalue weighted by molar-refractivity contribution is 14.1. The Morgan fingerprint density at radius 1 is 1.15 bits per heavy atom. The van der Waals surface area contributed by atoms with Crippen LogP contribution in [0.25, 0.3) is 0 Å². The van der Waals surface area contributed by atoms with E-state index >= 15 is 0 Å². The molecule has 1 unspecified atom stereocenters. The molecule has 0 aliphatic carbocycles. The first kappa shape index (κ1) is 13.6. The molecule has 1 aliphatic heterocycles. The minimum absolute atomic E-state index is 0.211. The highest BCUT2D eigenvalue weighted by Gasteiger charge is 2.23. The summed E-state index contributed by atoms with van der Waals surface area (Å²) < 4.78 is 6.79. The van der Waals surface area contributed by atoms with Crippen LogP contribution in [0.1, 0.15) is 34.7 Å². The first-order chi connectivity index (χ1) is 9.74. The number of fused-ring (bicyclic) bond motifs is 1. The number of carbonyl (C=O) groups is 1. The zero-order chi connectivity index (χ0) is 13.9. The van der Waals surface area contributed by atoms with Gasteiger partial charge >= 0.3 is 0 Å². The molecular weight excluding hydrogens is 363 g/mol. The van der Waals surface area contributed by atoms with Crippen molar-refractivity contribution in [3.8, 4) is 5.75 Å². The molecule has 102 valence electrons. The number of Topliss-reactive ketones (excluding diaryl/α,β-unsaturated/α-hetero) is 1. The Kier molecular flexibility index (Phi) is 4.05.